The lowest BCUT2D eigenvalue weighted by molar-refractivity contribution is 0.710. The largest absolute Gasteiger partial charge is 0.342 e. The van der Waals surface area contributed by atoms with E-state index in [1.54, 1.807) is 0 Å². The first-order chi connectivity index (χ1) is 10.2. The lowest BCUT2D eigenvalue weighted by Crippen LogP contribution is -2.18. The van der Waals surface area contributed by atoms with Crippen molar-refractivity contribution in [3.63, 3.8) is 0 Å². The summed E-state index contributed by atoms with van der Waals surface area (Å²) < 4.78 is 0. The summed E-state index contributed by atoms with van der Waals surface area (Å²) in [5.74, 6) is 0.937. The Hall–Kier alpha value is -2.39. The first-order valence-electron chi connectivity index (χ1n) is 7.18. The number of aromatic amines is 1. The molecule has 3 N–H and O–H groups in total. The van der Waals surface area contributed by atoms with Gasteiger partial charge in [0.25, 0.3) is 0 Å². The zero-order valence-electron chi connectivity index (χ0n) is 12.1. The first-order valence-corrected chi connectivity index (χ1v) is 7.18. The standard InChI is InChI=1S/C18H19N3/c1-13(19)11-18-20-12-17(21-18)16-9-7-15(8-10-16)14-5-3-2-4-6-14/h2-10,12-13H,11,19H2,1H3,(H,20,21). The molecule has 3 nitrogen and oxygen atoms in total. The summed E-state index contributed by atoms with van der Waals surface area (Å²) in [7, 11) is 0. The lowest BCUT2D eigenvalue weighted by Gasteiger charge is -2.03. The SMILES string of the molecule is CC(N)Cc1ncc(-c2ccc(-c3ccccc3)cc2)[nH]1. The van der Waals surface area contributed by atoms with Crippen molar-refractivity contribution in [3.05, 3.63) is 66.6 Å². The van der Waals surface area contributed by atoms with Crippen LogP contribution in [0.25, 0.3) is 22.4 Å². The molecule has 1 atom stereocenters. The molecular weight excluding hydrogens is 258 g/mol. The van der Waals surface area contributed by atoms with Crippen molar-refractivity contribution in [1.82, 2.24) is 9.97 Å². The molecule has 1 heterocycles. The van der Waals surface area contributed by atoms with Crippen molar-refractivity contribution in [3.8, 4) is 22.4 Å². The number of rotatable bonds is 4. The topological polar surface area (TPSA) is 54.7 Å². The van der Waals surface area contributed by atoms with Gasteiger partial charge < -0.3 is 10.7 Å². The highest BCUT2D eigenvalue weighted by Crippen LogP contribution is 2.23. The molecule has 0 aliphatic rings. The number of aromatic nitrogens is 2. The molecule has 0 spiro atoms. The number of imidazole rings is 1. The van der Waals surface area contributed by atoms with E-state index in [0.29, 0.717) is 0 Å². The Labute approximate surface area is 124 Å². The molecule has 2 aromatic carbocycles. The van der Waals surface area contributed by atoms with Crippen LogP contribution in [0.3, 0.4) is 0 Å². The number of nitrogens with one attached hydrogen (secondary N) is 1. The zero-order valence-corrected chi connectivity index (χ0v) is 12.1. The van der Waals surface area contributed by atoms with E-state index in [-0.39, 0.29) is 6.04 Å². The Balaban J connectivity index is 1.82. The van der Waals surface area contributed by atoms with Gasteiger partial charge in [0, 0.05) is 12.5 Å². The average Bonchev–Trinajstić information content (AvgIpc) is 2.96. The van der Waals surface area contributed by atoms with Crippen molar-refractivity contribution >= 4 is 0 Å². The molecule has 0 fully saturated rings. The maximum absolute atomic E-state index is 5.80. The van der Waals surface area contributed by atoms with Crippen LogP contribution < -0.4 is 5.73 Å². The highest BCUT2D eigenvalue weighted by molar-refractivity contribution is 5.68. The molecule has 0 aliphatic heterocycles. The molecule has 21 heavy (non-hydrogen) atoms. The Kier molecular flexibility index (Phi) is 3.84. The quantitative estimate of drug-likeness (QED) is 0.765. The molecule has 0 amide bonds. The molecule has 3 aromatic rings. The van der Waals surface area contributed by atoms with Crippen LogP contribution in [0, 0.1) is 0 Å². The van der Waals surface area contributed by atoms with Gasteiger partial charge in [0.2, 0.25) is 0 Å². The van der Waals surface area contributed by atoms with Crippen molar-refractivity contribution in [2.45, 2.75) is 19.4 Å². The second kappa shape index (κ2) is 5.94. The van der Waals surface area contributed by atoms with Crippen molar-refractivity contribution in [2.24, 2.45) is 5.73 Å². The third kappa shape index (κ3) is 3.20. The molecule has 0 saturated carbocycles. The van der Waals surface area contributed by atoms with Gasteiger partial charge in [-0.2, -0.15) is 0 Å². The van der Waals surface area contributed by atoms with Crippen LogP contribution in [-0.4, -0.2) is 16.0 Å². The summed E-state index contributed by atoms with van der Waals surface area (Å²) in [4.78, 5) is 7.71. The molecule has 106 valence electrons. The van der Waals surface area contributed by atoms with Crippen LogP contribution in [0.4, 0.5) is 0 Å². The normalized spacial score (nSPS) is 12.3. The van der Waals surface area contributed by atoms with Gasteiger partial charge in [0.15, 0.2) is 0 Å². The van der Waals surface area contributed by atoms with E-state index in [9.17, 15) is 0 Å². The molecule has 0 bridgehead atoms. The van der Waals surface area contributed by atoms with Crippen LogP contribution in [0.2, 0.25) is 0 Å². The summed E-state index contributed by atoms with van der Waals surface area (Å²) >= 11 is 0. The molecular formula is C18H19N3. The average molecular weight is 277 g/mol. The molecule has 0 radical (unpaired) electrons. The minimum Gasteiger partial charge on any atom is -0.342 e. The van der Waals surface area contributed by atoms with E-state index in [4.69, 9.17) is 5.73 Å². The Morgan fingerprint density at radius 1 is 0.952 bits per heavy atom. The predicted molar refractivity (Wildman–Crippen MR) is 86.8 cm³/mol. The Morgan fingerprint density at radius 2 is 1.57 bits per heavy atom. The van der Waals surface area contributed by atoms with E-state index in [0.717, 1.165) is 23.5 Å². The fourth-order valence-electron chi connectivity index (χ4n) is 2.39. The minimum atomic E-state index is 0.115. The molecule has 0 saturated heterocycles. The number of nitrogens with zero attached hydrogens (tertiary/aromatic N) is 1. The third-order valence-corrected chi connectivity index (χ3v) is 3.45. The summed E-state index contributed by atoms with van der Waals surface area (Å²) in [5.41, 5.74) is 10.4. The van der Waals surface area contributed by atoms with Gasteiger partial charge in [-0.25, -0.2) is 4.98 Å². The van der Waals surface area contributed by atoms with Gasteiger partial charge in [-0.3, -0.25) is 0 Å². The molecule has 3 rings (SSSR count). The van der Waals surface area contributed by atoms with Crippen LogP contribution in [0.1, 0.15) is 12.7 Å². The van der Waals surface area contributed by atoms with Crippen LogP contribution >= 0.6 is 0 Å². The van der Waals surface area contributed by atoms with Gasteiger partial charge >= 0.3 is 0 Å². The van der Waals surface area contributed by atoms with E-state index < -0.39 is 0 Å². The van der Waals surface area contributed by atoms with Gasteiger partial charge in [0.05, 0.1) is 11.9 Å². The van der Waals surface area contributed by atoms with Crippen LogP contribution in [0.15, 0.2) is 60.8 Å². The van der Waals surface area contributed by atoms with Gasteiger partial charge in [-0.15, -0.1) is 0 Å². The second-order valence-electron chi connectivity index (χ2n) is 5.37. The highest BCUT2D eigenvalue weighted by Gasteiger charge is 2.05. The Bertz CT molecular complexity index is 697. The van der Waals surface area contributed by atoms with Crippen LogP contribution in [-0.2, 0) is 6.42 Å². The van der Waals surface area contributed by atoms with Gasteiger partial charge in [-0.1, -0.05) is 54.6 Å². The number of hydrogen-bond acceptors (Lipinski definition) is 2. The number of H-pyrrole nitrogens is 1. The fourth-order valence-corrected chi connectivity index (χ4v) is 2.39. The third-order valence-electron chi connectivity index (χ3n) is 3.45. The predicted octanol–water partition coefficient (Wildman–Crippen LogP) is 3.63. The molecule has 0 aliphatic carbocycles. The smallest absolute Gasteiger partial charge is 0.108 e. The minimum absolute atomic E-state index is 0.115. The fraction of sp³-hybridized carbons (Fsp3) is 0.167. The Morgan fingerprint density at radius 3 is 2.24 bits per heavy atom. The van der Waals surface area contributed by atoms with Crippen molar-refractivity contribution in [1.29, 1.82) is 0 Å². The van der Waals surface area contributed by atoms with E-state index in [2.05, 4.69) is 58.5 Å². The summed E-state index contributed by atoms with van der Waals surface area (Å²) in [6.07, 6.45) is 2.64. The van der Waals surface area contributed by atoms with E-state index >= 15 is 0 Å². The number of benzene rings is 2. The first kappa shape index (κ1) is 13.6. The second-order valence-corrected chi connectivity index (χ2v) is 5.37. The summed E-state index contributed by atoms with van der Waals surface area (Å²) in [6.45, 7) is 1.98. The van der Waals surface area contributed by atoms with Gasteiger partial charge in [0.1, 0.15) is 5.82 Å². The van der Waals surface area contributed by atoms with E-state index in [1.165, 1.54) is 11.1 Å². The maximum atomic E-state index is 5.80. The van der Waals surface area contributed by atoms with Crippen molar-refractivity contribution < 1.29 is 0 Å². The summed E-state index contributed by atoms with van der Waals surface area (Å²) in [5, 5.41) is 0. The van der Waals surface area contributed by atoms with Gasteiger partial charge in [-0.05, 0) is 23.6 Å². The number of hydrogen-bond donors (Lipinski definition) is 2. The highest BCUT2D eigenvalue weighted by atomic mass is 14.9. The summed E-state index contributed by atoms with van der Waals surface area (Å²) in [6, 6.07) is 19.0. The van der Waals surface area contributed by atoms with E-state index in [1.807, 2.05) is 19.2 Å². The maximum Gasteiger partial charge on any atom is 0.108 e. The number of nitrogens with two attached hydrogens (primary N) is 1. The molecule has 1 aromatic heterocycles. The molecule has 1 unspecified atom stereocenters. The lowest BCUT2D eigenvalue weighted by atomic mass is 10.0. The zero-order chi connectivity index (χ0) is 14.7. The van der Waals surface area contributed by atoms with Crippen molar-refractivity contribution in [2.75, 3.05) is 0 Å². The molecule has 3 heteroatoms. The van der Waals surface area contributed by atoms with Crippen LogP contribution in [0.5, 0.6) is 0 Å². The monoisotopic (exact) mass is 277 g/mol.